The first-order chi connectivity index (χ1) is 8.34. The molecule has 1 aromatic rings. The number of nitrogens with one attached hydrogen (secondary N) is 1. The Kier molecular flexibility index (Phi) is 4.91. The van der Waals surface area contributed by atoms with Gasteiger partial charge in [-0.25, -0.2) is 0 Å². The minimum absolute atomic E-state index is 0.0755. The minimum Gasteiger partial charge on any atom is -0.354 e. The topological polar surface area (TPSA) is 55.1 Å². The molecule has 0 spiro atoms. The number of carbonyl (C=O) groups is 1. The summed E-state index contributed by atoms with van der Waals surface area (Å²) in [4.78, 5) is 12.0. The maximum Gasteiger partial charge on any atom is 0.241 e. The molecule has 0 saturated carbocycles. The van der Waals surface area contributed by atoms with Crippen molar-refractivity contribution in [3.63, 3.8) is 0 Å². The van der Waals surface area contributed by atoms with Gasteiger partial charge in [-0.3, -0.25) is 4.79 Å². The second-order valence-electron chi connectivity index (χ2n) is 5.75. The second-order valence-corrected chi connectivity index (χ2v) is 5.75. The van der Waals surface area contributed by atoms with Gasteiger partial charge >= 0.3 is 0 Å². The summed E-state index contributed by atoms with van der Waals surface area (Å²) in [5.74, 6) is 0.390. The highest BCUT2D eigenvalue weighted by Crippen LogP contribution is 2.24. The number of carbonyl (C=O) groups excluding carboxylic acids is 1. The molecule has 18 heavy (non-hydrogen) atoms. The predicted molar refractivity (Wildman–Crippen MR) is 75.0 cm³/mol. The molecule has 100 valence electrons. The summed E-state index contributed by atoms with van der Waals surface area (Å²) in [6.07, 6.45) is 0. The Hall–Kier alpha value is -1.35. The molecule has 3 nitrogen and oxygen atoms in total. The summed E-state index contributed by atoms with van der Waals surface area (Å²) < 4.78 is 0. The third-order valence-corrected chi connectivity index (χ3v) is 3.72. The molecule has 0 radical (unpaired) electrons. The van der Waals surface area contributed by atoms with Crippen LogP contribution in [-0.4, -0.2) is 12.5 Å². The Balaban J connectivity index is 2.57. The van der Waals surface area contributed by atoms with Gasteiger partial charge < -0.3 is 11.1 Å². The van der Waals surface area contributed by atoms with Crippen LogP contribution in [0.3, 0.4) is 0 Å². The molecule has 0 saturated heterocycles. The highest BCUT2D eigenvalue weighted by molar-refractivity contribution is 5.82. The largest absolute Gasteiger partial charge is 0.354 e. The fraction of sp³-hybridized carbons (Fsp3) is 0.533. The molecule has 1 amide bonds. The molecule has 0 aromatic heterocycles. The monoisotopic (exact) mass is 248 g/mol. The first kappa shape index (κ1) is 14.7. The van der Waals surface area contributed by atoms with E-state index in [1.165, 1.54) is 0 Å². The maximum absolute atomic E-state index is 12.0. The van der Waals surface area contributed by atoms with Crippen molar-refractivity contribution >= 4 is 5.91 Å². The van der Waals surface area contributed by atoms with E-state index in [1.54, 1.807) is 0 Å². The number of rotatable bonds is 5. The quantitative estimate of drug-likeness (QED) is 0.841. The van der Waals surface area contributed by atoms with E-state index in [0.717, 1.165) is 5.56 Å². The van der Waals surface area contributed by atoms with Crippen molar-refractivity contribution in [2.45, 2.75) is 33.7 Å². The molecule has 1 rings (SSSR count). The Morgan fingerprint density at radius 2 is 1.83 bits per heavy atom. The van der Waals surface area contributed by atoms with Crippen molar-refractivity contribution in [1.82, 2.24) is 5.32 Å². The first-order valence-electron chi connectivity index (χ1n) is 6.43. The van der Waals surface area contributed by atoms with Crippen molar-refractivity contribution < 1.29 is 4.79 Å². The molecule has 0 fully saturated rings. The summed E-state index contributed by atoms with van der Waals surface area (Å²) >= 11 is 0. The lowest BCUT2D eigenvalue weighted by Gasteiger charge is -2.29. The fourth-order valence-corrected chi connectivity index (χ4v) is 1.44. The van der Waals surface area contributed by atoms with Crippen molar-refractivity contribution in [2.24, 2.45) is 17.1 Å². The zero-order valence-corrected chi connectivity index (χ0v) is 11.7. The Bertz CT molecular complexity index is 385. The zero-order valence-electron chi connectivity index (χ0n) is 11.7. The van der Waals surface area contributed by atoms with E-state index in [0.29, 0.717) is 12.5 Å². The van der Waals surface area contributed by atoms with Crippen LogP contribution < -0.4 is 11.1 Å². The molecule has 1 unspecified atom stereocenters. The van der Waals surface area contributed by atoms with Gasteiger partial charge in [0.25, 0.3) is 0 Å². The molecule has 0 heterocycles. The van der Waals surface area contributed by atoms with Crippen LogP contribution in [0.15, 0.2) is 30.3 Å². The lowest BCUT2D eigenvalue weighted by atomic mass is 9.81. The van der Waals surface area contributed by atoms with Crippen LogP contribution in [0.2, 0.25) is 0 Å². The lowest BCUT2D eigenvalue weighted by molar-refractivity contribution is -0.123. The van der Waals surface area contributed by atoms with Gasteiger partial charge in [0.2, 0.25) is 5.91 Å². The summed E-state index contributed by atoms with van der Waals surface area (Å²) in [5.41, 5.74) is 6.85. The number of nitrogens with two attached hydrogens (primary N) is 1. The number of hydrogen-bond acceptors (Lipinski definition) is 2. The van der Waals surface area contributed by atoms with Gasteiger partial charge in [0.1, 0.15) is 6.04 Å². The zero-order chi connectivity index (χ0) is 13.8. The Morgan fingerprint density at radius 1 is 1.28 bits per heavy atom. The molecule has 0 bridgehead atoms. The average molecular weight is 248 g/mol. The third-order valence-electron chi connectivity index (χ3n) is 3.72. The van der Waals surface area contributed by atoms with Crippen LogP contribution in [0.1, 0.15) is 39.3 Å². The Labute approximate surface area is 110 Å². The van der Waals surface area contributed by atoms with Crippen LogP contribution in [-0.2, 0) is 4.79 Å². The maximum atomic E-state index is 12.0. The number of hydrogen-bond donors (Lipinski definition) is 2. The Morgan fingerprint density at radius 3 is 2.33 bits per heavy atom. The van der Waals surface area contributed by atoms with Gasteiger partial charge in [-0.1, -0.05) is 58.0 Å². The van der Waals surface area contributed by atoms with Gasteiger partial charge in [0, 0.05) is 6.54 Å². The third kappa shape index (κ3) is 3.84. The van der Waals surface area contributed by atoms with E-state index in [2.05, 4.69) is 33.0 Å². The molecular weight excluding hydrogens is 224 g/mol. The number of amides is 1. The normalized spacial score (nSPS) is 13.4. The van der Waals surface area contributed by atoms with Crippen molar-refractivity contribution in [3.8, 4) is 0 Å². The van der Waals surface area contributed by atoms with E-state index in [-0.39, 0.29) is 11.3 Å². The number of benzene rings is 1. The summed E-state index contributed by atoms with van der Waals surface area (Å²) in [7, 11) is 0. The predicted octanol–water partition coefficient (Wildman–Crippen LogP) is 2.48. The van der Waals surface area contributed by atoms with Gasteiger partial charge in [0.15, 0.2) is 0 Å². The van der Waals surface area contributed by atoms with Crippen LogP contribution in [0, 0.1) is 11.3 Å². The molecule has 0 aliphatic rings. The fourth-order valence-electron chi connectivity index (χ4n) is 1.44. The van der Waals surface area contributed by atoms with Crippen LogP contribution in [0.25, 0.3) is 0 Å². The minimum atomic E-state index is -0.589. The molecular formula is C15H24N2O. The van der Waals surface area contributed by atoms with Crippen LogP contribution >= 0.6 is 0 Å². The van der Waals surface area contributed by atoms with Crippen LogP contribution in [0.5, 0.6) is 0 Å². The van der Waals surface area contributed by atoms with Crippen molar-refractivity contribution in [3.05, 3.63) is 35.9 Å². The molecule has 0 aliphatic heterocycles. The summed E-state index contributed by atoms with van der Waals surface area (Å²) in [5, 5.41) is 2.94. The van der Waals surface area contributed by atoms with E-state index >= 15 is 0 Å². The van der Waals surface area contributed by atoms with Crippen LogP contribution in [0.4, 0.5) is 0 Å². The average Bonchev–Trinajstić information content (AvgIpc) is 2.36. The first-order valence-corrected chi connectivity index (χ1v) is 6.43. The smallest absolute Gasteiger partial charge is 0.241 e. The van der Waals surface area contributed by atoms with Gasteiger partial charge in [-0.2, -0.15) is 0 Å². The SMILES string of the molecule is CC(C)C(C)(C)CNC(=O)C(N)c1ccccc1. The molecule has 1 atom stereocenters. The second kappa shape index (κ2) is 6.01. The molecule has 0 aliphatic carbocycles. The van der Waals surface area contributed by atoms with E-state index in [9.17, 15) is 4.79 Å². The standard InChI is InChI=1S/C15H24N2O/c1-11(2)15(3,4)10-17-14(18)13(16)12-8-6-5-7-9-12/h5-9,11,13H,10,16H2,1-4H3,(H,17,18). The van der Waals surface area contributed by atoms with Gasteiger partial charge in [-0.05, 0) is 16.9 Å². The highest BCUT2D eigenvalue weighted by atomic mass is 16.2. The lowest BCUT2D eigenvalue weighted by Crippen LogP contribution is -2.41. The summed E-state index contributed by atoms with van der Waals surface area (Å²) in [6, 6.07) is 8.85. The highest BCUT2D eigenvalue weighted by Gasteiger charge is 2.24. The van der Waals surface area contributed by atoms with Gasteiger partial charge in [0.05, 0.1) is 0 Å². The summed E-state index contributed by atoms with van der Waals surface area (Å²) in [6.45, 7) is 9.24. The molecule has 3 N–H and O–H groups in total. The molecule has 3 heteroatoms. The van der Waals surface area contributed by atoms with Crippen molar-refractivity contribution in [2.75, 3.05) is 6.54 Å². The van der Waals surface area contributed by atoms with Gasteiger partial charge in [-0.15, -0.1) is 0 Å². The van der Waals surface area contributed by atoms with E-state index < -0.39 is 6.04 Å². The molecule has 1 aromatic carbocycles. The van der Waals surface area contributed by atoms with E-state index in [1.807, 2.05) is 30.3 Å². The van der Waals surface area contributed by atoms with E-state index in [4.69, 9.17) is 5.73 Å². The van der Waals surface area contributed by atoms with Crippen molar-refractivity contribution in [1.29, 1.82) is 0 Å².